The number of rotatable bonds is 2. The SMILES string of the molecule is CCn1c(-c2ncsc2Br)n[nH]c1=S. The van der Waals surface area contributed by atoms with E-state index in [1.807, 2.05) is 11.5 Å². The lowest BCUT2D eigenvalue weighted by molar-refractivity contribution is 0.753. The van der Waals surface area contributed by atoms with Gasteiger partial charge in [0.2, 0.25) is 0 Å². The molecular weight excluding hydrogens is 284 g/mol. The van der Waals surface area contributed by atoms with Crippen LogP contribution in [0.1, 0.15) is 6.92 Å². The molecule has 0 saturated carbocycles. The number of hydrogen-bond donors (Lipinski definition) is 1. The highest BCUT2D eigenvalue weighted by Gasteiger charge is 2.13. The Labute approximate surface area is 98.1 Å². The molecule has 0 amide bonds. The van der Waals surface area contributed by atoms with Crippen molar-refractivity contribution in [3.05, 3.63) is 14.1 Å². The van der Waals surface area contributed by atoms with Gasteiger partial charge in [0, 0.05) is 6.54 Å². The molecule has 0 bridgehead atoms. The van der Waals surface area contributed by atoms with E-state index in [-0.39, 0.29) is 0 Å². The summed E-state index contributed by atoms with van der Waals surface area (Å²) >= 11 is 10.1. The molecule has 0 aromatic carbocycles. The van der Waals surface area contributed by atoms with Gasteiger partial charge in [-0.2, -0.15) is 5.10 Å². The summed E-state index contributed by atoms with van der Waals surface area (Å²) < 4.78 is 3.51. The maximum atomic E-state index is 5.09. The van der Waals surface area contributed by atoms with Crippen LogP contribution in [0.4, 0.5) is 0 Å². The Kier molecular flexibility index (Phi) is 2.80. The van der Waals surface area contributed by atoms with E-state index in [1.54, 1.807) is 5.51 Å². The zero-order chi connectivity index (χ0) is 10.1. The summed E-state index contributed by atoms with van der Waals surface area (Å²) in [6.45, 7) is 2.81. The standard InChI is InChI=1S/C7H7BrN4S2/c1-2-12-6(10-11-7(12)13)4-5(8)14-3-9-4/h3H,2H2,1H3,(H,11,13). The fraction of sp³-hybridized carbons (Fsp3) is 0.286. The number of aromatic nitrogens is 4. The van der Waals surface area contributed by atoms with Gasteiger partial charge < -0.3 is 0 Å². The zero-order valence-corrected chi connectivity index (χ0v) is 10.5. The fourth-order valence-corrected chi connectivity index (χ4v) is 2.47. The van der Waals surface area contributed by atoms with Gasteiger partial charge in [-0.25, -0.2) is 4.98 Å². The predicted molar refractivity (Wildman–Crippen MR) is 61.9 cm³/mol. The molecule has 2 aromatic rings. The Balaban J connectivity index is 2.63. The zero-order valence-electron chi connectivity index (χ0n) is 7.32. The summed E-state index contributed by atoms with van der Waals surface area (Å²) in [4.78, 5) is 4.23. The Hall–Kier alpha value is -0.530. The van der Waals surface area contributed by atoms with Crippen LogP contribution in [0.15, 0.2) is 9.30 Å². The molecular formula is C7H7BrN4S2. The molecule has 0 saturated heterocycles. The first-order valence-corrected chi connectivity index (χ1v) is 6.06. The number of H-pyrrole nitrogens is 1. The summed E-state index contributed by atoms with van der Waals surface area (Å²) in [6.07, 6.45) is 0. The molecule has 0 aliphatic rings. The van der Waals surface area contributed by atoms with E-state index in [4.69, 9.17) is 12.2 Å². The second-order valence-electron chi connectivity index (χ2n) is 2.57. The molecule has 7 heteroatoms. The monoisotopic (exact) mass is 290 g/mol. The van der Waals surface area contributed by atoms with Crippen LogP contribution >= 0.6 is 39.5 Å². The van der Waals surface area contributed by atoms with E-state index in [2.05, 4.69) is 31.1 Å². The van der Waals surface area contributed by atoms with Crippen molar-refractivity contribution in [2.24, 2.45) is 0 Å². The number of aromatic amines is 1. The highest BCUT2D eigenvalue weighted by atomic mass is 79.9. The molecule has 0 atom stereocenters. The van der Waals surface area contributed by atoms with E-state index < -0.39 is 0 Å². The minimum atomic E-state index is 0.627. The third-order valence-electron chi connectivity index (χ3n) is 1.81. The Morgan fingerprint density at radius 3 is 3.07 bits per heavy atom. The number of nitrogens with one attached hydrogen (secondary N) is 1. The van der Waals surface area contributed by atoms with Crippen molar-refractivity contribution in [3.63, 3.8) is 0 Å². The predicted octanol–water partition coefficient (Wildman–Crippen LogP) is 2.85. The van der Waals surface area contributed by atoms with Crippen molar-refractivity contribution in [1.82, 2.24) is 19.7 Å². The Morgan fingerprint density at radius 2 is 2.50 bits per heavy atom. The lowest BCUT2D eigenvalue weighted by Gasteiger charge is -1.99. The lowest BCUT2D eigenvalue weighted by Crippen LogP contribution is -1.97. The average Bonchev–Trinajstić information content (AvgIpc) is 2.71. The van der Waals surface area contributed by atoms with Crippen molar-refractivity contribution in [3.8, 4) is 11.5 Å². The second kappa shape index (κ2) is 3.92. The molecule has 0 aliphatic heterocycles. The van der Waals surface area contributed by atoms with E-state index in [9.17, 15) is 0 Å². The molecule has 14 heavy (non-hydrogen) atoms. The molecule has 2 rings (SSSR count). The summed E-state index contributed by atoms with van der Waals surface area (Å²) in [5, 5.41) is 6.91. The molecule has 1 N–H and O–H groups in total. The normalized spacial score (nSPS) is 10.7. The van der Waals surface area contributed by atoms with Gasteiger partial charge in [-0.1, -0.05) is 0 Å². The smallest absolute Gasteiger partial charge is 0.195 e. The summed E-state index contributed by atoms with van der Waals surface area (Å²) in [7, 11) is 0. The van der Waals surface area contributed by atoms with Gasteiger partial charge in [0.05, 0.1) is 5.51 Å². The molecule has 74 valence electrons. The van der Waals surface area contributed by atoms with Crippen molar-refractivity contribution in [1.29, 1.82) is 0 Å². The molecule has 2 aromatic heterocycles. The van der Waals surface area contributed by atoms with E-state index in [0.29, 0.717) is 4.77 Å². The van der Waals surface area contributed by atoms with Gasteiger partial charge in [0.25, 0.3) is 0 Å². The van der Waals surface area contributed by atoms with Gasteiger partial charge >= 0.3 is 0 Å². The van der Waals surface area contributed by atoms with Crippen molar-refractivity contribution in [2.75, 3.05) is 0 Å². The van der Waals surface area contributed by atoms with Crippen molar-refractivity contribution < 1.29 is 0 Å². The number of nitrogens with zero attached hydrogens (tertiary/aromatic N) is 3. The maximum Gasteiger partial charge on any atom is 0.195 e. The molecule has 0 radical (unpaired) electrons. The van der Waals surface area contributed by atoms with Gasteiger partial charge in [0.1, 0.15) is 9.48 Å². The van der Waals surface area contributed by atoms with E-state index in [1.165, 1.54) is 11.3 Å². The molecule has 4 nitrogen and oxygen atoms in total. The first kappa shape index (κ1) is 10.0. The van der Waals surface area contributed by atoms with E-state index >= 15 is 0 Å². The molecule has 0 aliphatic carbocycles. The van der Waals surface area contributed by atoms with Crippen LogP contribution in [-0.4, -0.2) is 19.7 Å². The molecule has 2 heterocycles. The average molecular weight is 291 g/mol. The first-order valence-electron chi connectivity index (χ1n) is 3.98. The highest BCUT2D eigenvalue weighted by Crippen LogP contribution is 2.28. The number of hydrogen-bond acceptors (Lipinski definition) is 4. The third kappa shape index (κ3) is 1.55. The molecule has 0 unspecified atom stereocenters. The van der Waals surface area contributed by atoms with Crippen LogP contribution in [0.5, 0.6) is 0 Å². The quantitative estimate of drug-likeness (QED) is 0.865. The Bertz CT molecular complexity index is 498. The van der Waals surface area contributed by atoms with Gasteiger partial charge in [0.15, 0.2) is 10.6 Å². The Morgan fingerprint density at radius 1 is 1.71 bits per heavy atom. The first-order chi connectivity index (χ1) is 6.74. The van der Waals surface area contributed by atoms with Gasteiger partial charge in [-0.05, 0) is 35.1 Å². The second-order valence-corrected chi connectivity index (χ2v) is 5.13. The summed E-state index contributed by atoms with van der Waals surface area (Å²) in [5.74, 6) is 0.783. The van der Waals surface area contributed by atoms with Crippen LogP contribution in [0.3, 0.4) is 0 Å². The van der Waals surface area contributed by atoms with Crippen LogP contribution in [0, 0.1) is 4.77 Å². The van der Waals surface area contributed by atoms with Crippen LogP contribution in [0.2, 0.25) is 0 Å². The van der Waals surface area contributed by atoms with E-state index in [0.717, 1.165) is 21.8 Å². The summed E-state index contributed by atoms with van der Waals surface area (Å²) in [6, 6.07) is 0. The van der Waals surface area contributed by atoms with Gasteiger partial charge in [-0.3, -0.25) is 9.67 Å². The van der Waals surface area contributed by atoms with Crippen molar-refractivity contribution in [2.45, 2.75) is 13.5 Å². The highest BCUT2D eigenvalue weighted by molar-refractivity contribution is 9.11. The van der Waals surface area contributed by atoms with Crippen LogP contribution < -0.4 is 0 Å². The van der Waals surface area contributed by atoms with Crippen LogP contribution in [0.25, 0.3) is 11.5 Å². The number of halogens is 1. The van der Waals surface area contributed by atoms with Gasteiger partial charge in [-0.15, -0.1) is 11.3 Å². The molecule has 0 spiro atoms. The topological polar surface area (TPSA) is 46.5 Å². The minimum absolute atomic E-state index is 0.627. The summed E-state index contributed by atoms with van der Waals surface area (Å²) in [5.41, 5.74) is 2.61. The largest absolute Gasteiger partial charge is 0.299 e. The van der Waals surface area contributed by atoms with Crippen molar-refractivity contribution >= 4 is 39.5 Å². The lowest BCUT2D eigenvalue weighted by atomic mass is 10.4. The third-order valence-corrected chi connectivity index (χ3v) is 3.67. The minimum Gasteiger partial charge on any atom is -0.299 e. The number of thiazole rings is 1. The van der Waals surface area contributed by atoms with Crippen LogP contribution in [-0.2, 0) is 6.54 Å². The fourth-order valence-electron chi connectivity index (χ4n) is 1.17. The maximum absolute atomic E-state index is 5.09. The molecule has 0 fully saturated rings.